The van der Waals surface area contributed by atoms with Gasteiger partial charge < -0.3 is 30.4 Å². The first-order valence-corrected chi connectivity index (χ1v) is 10.4. The Morgan fingerprint density at radius 2 is 1.15 bits per heavy atom. The molecule has 0 bridgehead atoms. The van der Waals surface area contributed by atoms with Gasteiger partial charge in [-0.15, -0.1) is 0 Å². The van der Waals surface area contributed by atoms with Crippen molar-refractivity contribution in [2.45, 2.75) is 6.42 Å². The SMILES string of the molecule is COc1cc(C=CC(=O)CC(=O)C=Cc2ccc(OCCN)c(OC)c2)ccc1OCCN. The maximum absolute atomic E-state index is 12.2. The van der Waals surface area contributed by atoms with Gasteiger partial charge in [0, 0.05) is 13.1 Å². The fourth-order valence-electron chi connectivity index (χ4n) is 2.82. The van der Waals surface area contributed by atoms with Crippen LogP contribution in [0.3, 0.4) is 0 Å². The van der Waals surface area contributed by atoms with Crippen LogP contribution in [0.4, 0.5) is 0 Å². The van der Waals surface area contributed by atoms with E-state index in [2.05, 4.69) is 0 Å². The van der Waals surface area contributed by atoms with Gasteiger partial charge in [-0.3, -0.25) is 9.59 Å². The molecule has 0 aliphatic heterocycles. The van der Waals surface area contributed by atoms with Gasteiger partial charge >= 0.3 is 0 Å². The zero-order valence-corrected chi connectivity index (χ0v) is 18.9. The minimum Gasteiger partial charge on any atom is -0.493 e. The third-order valence-electron chi connectivity index (χ3n) is 4.40. The second-order valence-electron chi connectivity index (χ2n) is 6.87. The maximum Gasteiger partial charge on any atom is 0.163 e. The molecule has 0 atom stereocenters. The van der Waals surface area contributed by atoms with Crippen LogP contribution in [0.1, 0.15) is 17.5 Å². The van der Waals surface area contributed by atoms with Crippen molar-refractivity contribution in [1.29, 1.82) is 0 Å². The molecule has 33 heavy (non-hydrogen) atoms. The lowest BCUT2D eigenvalue weighted by molar-refractivity contribution is -0.121. The van der Waals surface area contributed by atoms with E-state index in [0.29, 0.717) is 49.3 Å². The summed E-state index contributed by atoms with van der Waals surface area (Å²) in [6.45, 7) is 1.53. The Morgan fingerprint density at radius 3 is 1.52 bits per heavy atom. The van der Waals surface area contributed by atoms with Crippen molar-refractivity contribution < 1.29 is 28.5 Å². The maximum atomic E-state index is 12.2. The number of rotatable bonds is 14. The minimum absolute atomic E-state index is 0.239. The summed E-state index contributed by atoms with van der Waals surface area (Å²) in [6, 6.07) is 10.5. The highest BCUT2D eigenvalue weighted by atomic mass is 16.5. The first-order valence-electron chi connectivity index (χ1n) is 10.4. The third kappa shape index (κ3) is 8.44. The van der Waals surface area contributed by atoms with Crippen LogP contribution in [-0.4, -0.2) is 52.1 Å². The Hall–Kier alpha value is -3.62. The van der Waals surface area contributed by atoms with Crippen molar-refractivity contribution in [1.82, 2.24) is 0 Å². The molecule has 2 aromatic rings. The molecule has 0 aliphatic carbocycles. The van der Waals surface area contributed by atoms with Gasteiger partial charge in [0.15, 0.2) is 34.6 Å². The van der Waals surface area contributed by atoms with E-state index in [1.807, 2.05) is 0 Å². The summed E-state index contributed by atoms with van der Waals surface area (Å²) >= 11 is 0. The van der Waals surface area contributed by atoms with Crippen molar-refractivity contribution in [3.8, 4) is 23.0 Å². The van der Waals surface area contributed by atoms with Crippen molar-refractivity contribution in [3.63, 3.8) is 0 Å². The molecular weight excluding hydrogens is 424 g/mol. The normalized spacial score (nSPS) is 11.0. The molecule has 0 fully saturated rings. The third-order valence-corrected chi connectivity index (χ3v) is 4.40. The summed E-state index contributed by atoms with van der Waals surface area (Å²) in [7, 11) is 3.06. The van der Waals surface area contributed by atoms with Crippen molar-refractivity contribution in [3.05, 3.63) is 59.7 Å². The topological polar surface area (TPSA) is 123 Å². The van der Waals surface area contributed by atoms with Crippen molar-refractivity contribution in [2.24, 2.45) is 11.5 Å². The Labute approximate surface area is 193 Å². The van der Waals surface area contributed by atoms with Gasteiger partial charge in [-0.25, -0.2) is 0 Å². The number of methoxy groups -OCH3 is 2. The first-order chi connectivity index (χ1) is 16.0. The van der Waals surface area contributed by atoms with Crippen LogP contribution < -0.4 is 30.4 Å². The van der Waals surface area contributed by atoms with E-state index in [9.17, 15) is 9.59 Å². The molecule has 0 radical (unpaired) electrons. The van der Waals surface area contributed by atoms with Crippen LogP contribution in [-0.2, 0) is 9.59 Å². The summed E-state index contributed by atoms with van der Waals surface area (Å²) < 4.78 is 21.6. The number of hydrogen-bond donors (Lipinski definition) is 2. The molecule has 0 heterocycles. The molecule has 8 nitrogen and oxygen atoms in total. The van der Waals surface area contributed by atoms with Crippen LogP contribution >= 0.6 is 0 Å². The predicted octanol–water partition coefficient (Wildman–Crippen LogP) is 2.63. The fraction of sp³-hybridized carbons (Fsp3) is 0.280. The number of hydrogen-bond acceptors (Lipinski definition) is 8. The highest BCUT2D eigenvalue weighted by Crippen LogP contribution is 2.29. The van der Waals surface area contributed by atoms with Crippen LogP contribution in [0.5, 0.6) is 23.0 Å². The van der Waals surface area contributed by atoms with Gasteiger partial charge in [-0.2, -0.15) is 0 Å². The van der Waals surface area contributed by atoms with Crippen LogP contribution in [0.15, 0.2) is 48.6 Å². The van der Waals surface area contributed by atoms with E-state index in [-0.39, 0.29) is 18.0 Å². The Morgan fingerprint density at radius 1 is 0.727 bits per heavy atom. The second-order valence-corrected chi connectivity index (χ2v) is 6.87. The number of ether oxygens (including phenoxy) is 4. The molecule has 0 aromatic heterocycles. The number of carbonyl (C=O) groups excluding carboxylic acids is 2. The molecule has 0 unspecified atom stereocenters. The Bertz CT molecular complexity index is 921. The smallest absolute Gasteiger partial charge is 0.163 e. The summed E-state index contributed by atoms with van der Waals surface area (Å²) in [4.78, 5) is 24.4. The Balaban J connectivity index is 1.95. The molecule has 2 aromatic carbocycles. The standard InChI is InChI=1S/C25H30N2O6/c1-30-24-15-18(5-9-22(24)32-13-11-26)3-7-20(28)17-21(29)8-4-19-6-10-23(33-14-12-27)25(16-19)31-2/h3-10,15-16H,11-14,17,26-27H2,1-2H3. The van der Waals surface area contributed by atoms with Gasteiger partial charge in [-0.1, -0.05) is 24.3 Å². The molecule has 0 amide bonds. The largest absolute Gasteiger partial charge is 0.493 e. The van der Waals surface area contributed by atoms with Gasteiger partial charge in [0.1, 0.15) is 13.2 Å². The molecular formula is C25H30N2O6. The second kappa shape index (κ2) is 13.7. The molecule has 0 saturated carbocycles. The zero-order chi connectivity index (χ0) is 24.1. The summed E-state index contributed by atoms with van der Waals surface area (Å²) in [6.07, 6.45) is 5.75. The van der Waals surface area contributed by atoms with E-state index in [4.69, 9.17) is 30.4 Å². The lowest BCUT2D eigenvalue weighted by Gasteiger charge is -2.10. The molecule has 2 rings (SSSR count). The monoisotopic (exact) mass is 454 g/mol. The predicted molar refractivity (Wildman–Crippen MR) is 128 cm³/mol. The fourth-order valence-corrected chi connectivity index (χ4v) is 2.82. The summed E-state index contributed by atoms with van der Waals surface area (Å²) in [5.74, 6) is 1.59. The Kier molecular flexibility index (Phi) is 10.7. The molecule has 4 N–H and O–H groups in total. The van der Waals surface area contributed by atoms with Gasteiger partial charge in [0.25, 0.3) is 0 Å². The van der Waals surface area contributed by atoms with Crippen LogP contribution in [0.25, 0.3) is 12.2 Å². The number of nitrogens with two attached hydrogens (primary N) is 2. The highest BCUT2D eigenvalue weighted by Gasteiger charge is 2.08. The molecule has 8 heteroatoms. The molecule has 176 valence electrons. The first kappa shape index (κ1) is 25.6. The van der Waals surface area contributed by atoms with E-state index in [0.717, 1.165) is 11.1 Å². The number of ketones is 2. The molecule has 0 aliphatic rings. The minimum atomic E-state index is -0.310. The number of carbonyl (C=O) groups is 2. The quantitative estimate of drug-likeness (QED) is 0.330. The zero-order valence-electron chi connectivity index (χ0n) is 18.9. The molecule has 0 spiro atoms. The van der Waals surface area contributed by atoms with Crippen molar-refractivity contribution >= 4 is 23.7 Å². The van der Waals surface area contributed by atoms with Gasteiger partial charge in [-0.05, 0) is 47.5 Å². The molecule has 0 saturated heterocycles. The number of benzene rings is 2. The average molecular weight is 455 g/mol. The van der Waals surface area contributed by atoms with Crippen LogP contribution in [0, 0.1) is 0 Å². The van der Waals surface area contributed by atoms with E-state index in [1.54, 1.807) is 48.6 Å². The van der Waals surface area contributed by atoms with Crippen LogP contribution in [0.2, 0.25) is 0 Å². The lowest BCUT2D eigenvalue weighted by Crippen LogP contribution is -2.11. The highest BCUT2D eigenvalue weighted by molar-refractivity contribution is 6.10. The number of allylic oxidation sites excluding steroid dienone is 2. The summed E-state index contributed by atoms with van der Waals surface area (Å²) in [5, 5.41) is 0. The van der Waals surface area contributed by atoms with Gasteiger partial charge in [0.2, 0.25) is 0 Å². The lowest BCUT2D eigenvalue weighted by atomic mass is 10.1. The van der Waals surface area contributed by atoms with E-state index < -0.39 is 0 Å². The van der Waals surface area contributed by atoms with Crippen molar-refractivity contribution in [2.75, 3.05) is 40.5 Å². The average Bonchev–Trinajstić information content (AvgIpc) is 2.83. The van der Waals surface area contributed by atoms with E-state index >= 15 is 0 Å². The van der Waals surface area contributed by atoms with E-state index in [1.165, 1.54) is 26.4 Å². The van der Waals surface area contributed by atoms with Gasteiger partial charge in [0.05, 0.1) is 20.6 Å². The summed E-state index contributed by atoms with van der Waals surface area (Å²) in [5.41, 5.74) is 12.4.